The second kappa shape index (κ2) is 4.97. The molecule has 2 aromatic carbocycles. The Labute approximate surface area is 137 Å². The van der Waals surface area contributed by atoms with Crippen molar-refractivity contribution in [3.8, 4) is 11.1 Å². The van der Waals surface area contributed by atoms with Crippen molar-refractivity contribution >= 4 is 39.6 Å². The first-order valence-electron chi connectivity index (χ1n) is 6.84. The molecule has 0 aliphatic carbocycles. The molecule has 108 valence electrons. The van der Waals surface area contributed by atoms with Crippen LogP contribution in [0.1, 0.15) is 5.69 Å². The van der Waals surface area contributed by atoms with Crippen molar-refractivity contribution in [3.05, 3.63) is 64.5 Å². The fraction of sp³-hybridized carbons (Fsp3) is 0.0588. The van der Waals surface area contributed by atoms with Crippen LogP contribution in [0.15, 0.2) is 48.5 Å². The van der Waals surface area contributed by atoms with Crippen LogP contribution in [0, 0.1) is 6.92 Å². The molecule has 0 saturated carbocycles. The van der Waals surface area contributed by atoms with Crippen molar-refractivity contribution < 1.29 is 0 Å². The van der Waals surface area contributed by atoms with E-state index < -0.39 is 0 Å². The van der Waals surface area contributed by atoms with Crippen LogP contribution in [0.5, 0.6) is 0 Å². The SMILES string of the molecule is Cc1nn2c(Cl)cc(Cl)nc2c1-c1ccc2ccccc2c1. The summed E-state index contributed by atoms with van der Waals surface area (Å²) in [5.74, 6) is 0. The number of rotatable bonds is 1. The number of aryl methyl sites for hydroxylation is 1. The molecule has 0 N–H and O–H groups in total. The number of halogens is 2. The van der Waals surface area contributed by atoms with Crippen molar-refractivity contribution in [1.82, 2.24) is 14.6 Å². The van der Waals surface area contributed by atoms with Crippen LogP contribution in [0.25, 0.3) is 27.5 Å². The monoisotopic (exact) mass is 327 g/mol. The van der Waals surface area contributed by atoms with Gasteiger partial charge in [0.1, 0.15) is 10.3 Å². The normalized spacial score (nSPS) is 11.4. The Kier molecular flexibility index (Phi) is 3.06. The van der Waals surface area contributed by atoms with Crippen LogP contribution in [0.4, 0.5) is 0 Å². The molecule has 0 fully saturated rings. The van der Waals surface area contributed by atoms with Gasteiger partial charge in [-0.2, -0.15) is 5.10 Å². The van der Waals surface area contributed by atoms with Crippen LogP contribution in [0.3, 0.4) is 0 Å². The predicted octanol–water partition coefficient (Wildman–Crippen LogP) is 5.16. The highest BCUT2D eigenvalue weighted by atomic mass is 35.5. The summed E-state index contributed by atoms with van der Waals surface area (Å²) in [7, 11) is 0. The summed E-state index contributed by atoms with van der Waals surface area (Å²) in [5.41, 5.74) is 3.55. The van der Waals surface area contributed by atoms with Crippen LogP contribution >= 0.6 is 23.2 Å². The number of aromatic nitrogens is 3. The highest BCUT2D eigenvalue weighted by Crippen LogP contribution is 2.31. The summed E-state index contributed by atoms with van der Waals surface area (Å²) >= 11 is 12.3. The van der Waals surface area contributed by atoms with Gasteiger partial charge in [-0.1, -0.05) is 59.6 Å². The van der Waals surface area contributed by atoms with Gasteiger partial charge in [0.15, 0.2) is 5.65 Å². The molecular weight excluding hydrogens is 317 g/mol. The van der Waals surface area contributed by atoms with E-state index in [1.54, 1.807) is 10.6 Å². The molecule has 0 bridgehead atoms. The van der Waals surface area contributed by atoms with Crippen molar-refractivity contribution in [3.63, 3.8) is 0 Å². The first kappa shape index (κ1) is 13.6. The summed E-state index contributed by atoms with van der Waals surface area (Å²) < 4.78 is 1.62. The highest BCUT2D eigenvalue weighted by Gasteiger charge is 2.16. The molecule has 0 aliphatic heterocycles. The largest absolute Gasteiger partial charge is 0.216 e. The Morgan fingerprint density at radius 3 is 2.55 bits per heavy atom. The van der Waals surface area contributed by atoms with Gasteiger partial charge >= 0.3 is 0 Å². The van der Waals surface area contributed by atoms with Gasteiger partial charge in [-0.15, -0.1) is 0 Å². The Morgan fingerprint density at radius 2 is 1.73 bits per heavy atom. The summed E-state index contributed by atoms with van der Waals surface area (Å²) in [6, 6.07) is 16.1. The molecule has 2 aromatic heterocycles. The van der Waals surface area contributed by atoms with E-state index in [4.69, 9.17) is 23.2 Å². The maximum absolute atomic E-state index is 6.21. The van der Waals surface area contributed by atoms with Gasteiger partial charge < -0.3 is 0 Å². The summed E-state index contributed by atoms with van der Waals surface area (Å²) in [6.45, 7) is 1.95. The van der Waals surface area contributed by atoms with E-state index in [-0.39, 0.29) is 0 Å². The van der Waals surface area contributed by atoms with Crippen LogP contribution in [0.2, 0.25) is 10.3 Å². The second-order valence-electron chi connectivity index (χ2n) is 5.16. The zero-order valence-corrected chi connectivity index (χ0v) is 13.2. The molecule has 4 aromatic rings. The van der Waals surface area contributed by atoms with Gasteiger partial charge in [0, 0.05) is 11.6 Å². The Balaban J connectivity index is 2.05. The first-order chi connectivity index (χ1) is 10.6. The molecule has 0 radical (unpaired) electrons. The number of fused-ring (bicyclic) bond motifs is 2. The lowest BCUT2D eigenvalue weighted by Crippen LogP contribution is -1.92. The van der Waals surface area contributed by atoms with Crippen molar-refractivity contribution in [2.45, 2.75) is 6.92 Å². The molecule has 3 nitrogen and oxygen atoms in total. The van der Waals surface area contributed by atoms with Crippen molar-refractivity contribution in [1.29, 1.82) is 0 Å². The fourth-order valence-corrected chi connectivity index (χ4v) is 3.20. The van der Waals surface area contributed by atoms with Gasteiger partial charge in [0.2, 0.25) is 0 Å². The van der Waals surface area contributed by atoms with E-state index in [1.807, 2.05) is 19.1 Å². The minimum atomic E-state index is 0.361. The van der Waals surface area contributed by atoms with Crippen LogP contribution in [-0.2, 0) is 0 Å². The Morgan fingerprint density at radius 1 is 0.955 bits per heavy atom. The number of hydrogen-bond acceptors (Lipinski definition) is 2. The van der Waals surface area contributed by atoms with Crippen molar-refractivity contribution in [2.24, 2.45) is 0 Å². The lowest BCUT2D eigenvalue weighted by atomic mass is 10.0. The molecule has 0 spiro atoms. The van der Waals surface area contributed by atoms with E-state index in [0.29, 0.717) is 16.0 Å². The molecule has 0 atom stereocenters. The summed E-state index contributed by atoms with van der Waals surface area (Å²) in [4.78, 5) is 4.40. The summed E-state index contributed by atoms with van der Waals surface area (Å²) in [5, 5.41) is 7.66. The third-order valence-corrected chi connectivity index (χ3v) is 4.19. The first-order valence-corrected chi connectivity index (χ1v) is 7.59. The minimum Gasteiger partial charge on any atom is -0.216 e. The summed E-state index contributed by atoms with van der Waals surface area (Å²) in [6.07, 6.45) is 0. The van der Waals surface area contributed by atoms with Gasteiger partial charge in [-0.25, -0.2) is 9.50 Å². The zero-order chi connectivity index (χ0) is 15.3. The van der Waals surface area contributed by atoms with Gasteiger partial charge in [0.05, 0.1) is 5.69 Å². The molecule has 0 saturated heterocycles. The van der Waals surface area contributed by atoms with Gasteiger partial charge in [-0.3, -0.25) is 0 Å². The van der Waals surface area contributed by atoms with Crippen molar-refractivity contribution in [2.75, 3.05) is 0 Å². The molecule has 2 heterocycles. The molecule has 4 rings (SSSR count). The second-order valence-corrected chi connectivity index (χ2v) is 5.93. The average molecular weight is 328 g/mol. The van der Waals surface area contributed by atoms with E-state index in [9.17, 15) is 0 Å². The number of benzene rings is 2. The topological polar surface area (TPSA) is 30.2 Å². The zero-order valence-electron chi connectivity index (χ0n) is 11.7. The fourth-order valence-electron chi connectivity index (χ4n) is 2.74. The van der Waals surface area contributed by atoms with Gasteiger partial charge in [0.25, 0.3) is 0 Å². The molecule has 0 aliphatic rings. The molecule has 0 unspecified atom stereocenters. The number of hydrogen-bond donors (Lipinski definition) is 0. The molecule has 5 heteroatoms. The quantitative estimate of drug-likeness (QED) is 0.452. The minimum absolute atomic E-state index is 0.361. The van der Waals surface area contributed by atoms with E-state index in [1.165, 1.54) is 10.8 Å². The van der Waals surface area contributed by atoms with Crippen LogP contribution < -0.4 is 0 Å². The third-order valence-electron chi connectivity index (χ3n) is 3.73. The standard InChI is InChI=1S/C17H11Cl2N3/c1-10-16(17-20-14(18)9-15(19)22(17)21-10)13-7-6-11-4-2-3-5-12(11)8-13/h2-9H,1H3. The molecule has 0 amide bonds. The molecule has 22 heavy (non-hydrogen) atoms. The number of nitrogens with zero attached hydrogens (tertiary/aromatic N) is 3. The smallest absolute Gasteiger partial charge is 0.166 e. The lowest BCUT2D eigenvalue weighted by molar-refractivity contribution is 0.918. The van der Waals surface area contributed by atoms with Crippen LogP contribution in [-0.4, -0.2) is 14.6 Å². The maximum Gasteiger partial charge on any atom is 0.166 e. The van der Waals surface area contributed by atoms with Gasteiger partial charge in [-0.05, 0) is 29.3 Å². The molecular formula is C17H11Cl2N3. The Bertz CT molecular complexity index is 1020. The Hall–Kier alpha value is -2.10. The lowest BCUT2D eigenvalue weighted by Gasteiger charge is -2.04. The van der Waals surface area contributed by atoms with E-state index in [2.05, 4.69) is 40.4 Å². The van der Waals surface area contributed by atoms with E-state index in [0.717, 1.165) is 16.8 Å². The van der Waals surface area contributed by atoms with E-state index >= 15 is 0 Å². The third kappa shape index (κ3) is 2.05. The predicted molar refractivity (Wildman–Crippen MR) is 90.7 cm³/mol. The highest BCUT2D eigenvalue weighted by molar-refractivity contribution is 6.33. The average Bonchev–Trinajstić information content (AvgIpc) is 2.83. The maximum atomic E-state index is 6.21.